The summed E-state index contributed by atoms with van der Waals surface area (Å²) < 4.78 is 11.5. The van der Waals surface area contributed by atoms with Crippen LogP contribution in [0, 0.1) is 23.2 Å². The van der Waals surface area contributed by atoms with Crippen LogP contribution in [-0.2, 0) is 6.42 Å². The van der Waals surface area contributed by atoms with E-state index in [2.05, 4.69) is 19.9 Å². The minimum absolute atomic E-state index is 0.325. The molecule has 2 aromatic carbocycles. The Hall–Kier alpha value is -2.80. The highest BCUT2D eigenvalue weighted by Gasteiger charge is 2.21. The Morgan fingerprint density at radius 3 is 1.91 bits per heavy atom. The predicted molar refractivity (Wildman–Crippen MR) is 182 cm³/mol. The first-order chi connectivity index (χ1) is 21.6. The first-order valence-corrected chi connectivity index (χ1v) is 18.1. The largest absolute Gasteiger partial charge is 0.494 e. The average molecular weight is 602 g/mol. The minimum Gasteiger partial charge on any atom is -0.494 e. The number of carbonyl (C=O) groups excluding carboxylic acids is 1. The molecule has 0 radical (unpaired) electrons. The fraction of sp³-hybridized carbons (Fsp3) is 0.650. The lowest BCUT2D eigenvalue weighted by Gasteiger charge is -2.28. The van der Waals surface area contributed by atoms with E-state index in [0.717, 1.165) is 36.0 Å². The van der Waals surface area contributed by atoms with Gasteiger partial charge in [-0.3, -0.25) is 0 Å². The molecule has 1 aliphatic rings. The van der Waals surface area contributed by atoms with Crippen LogP contribution < -0.4 is 9.47 Å². The molecule has 0 aromatic heterocycles. The third kappa shape index (κ3) is 13.9. The maximum absolute atomic E-state index is 12.8. The SMILES string of the molecule is CCCCCCCCCCCOc1ccc(C(=O)Oc2ccc(CC[C@H]3CC[C@H](CCCCCCC)CC3)cc2C#N)cc1. The lowest BCUT2D eigenvalue weighted by molar-refractivity contribution is 0.0734. The van der Waals surface area contributed by atoms with Crippen molar-refractivity contribution in [3.63, 3.8) is 0 Å². The second kappa shape index (κ2) is 21.8. The first-order valence-electron chi connectivity index (χ1n) is 18.1. The zero-order valence-corrected chi connectivity index (χ0v) is 27.9. The summed E-state index contributed by atoms with van der Waals surface area (Å²) in [6.45, 7) is 5.23. The van der Waals surface area contributed by atoms with Gasteiger partial charge in [0.25, 0.3) is 0 Å². The molecule has 0 atom stereocenters. The van der Waals surface area contributed by atoms with Crippen molar-refractivity contribution in [2.45, 2.75) is 149 Å². The molecule has 0 unspecified atom stereocenters. The Bertz CT molecular complexity index is 1090. The topological polar surface area (TPSA) is 59.3 Å². The van der Waals surface area contributed by atoms with Crippen LogP contribution in [0.2, 0.25) is 0 Å². The third-order valence-corrected chi connectivity index (χ3v) is 9.50. The molecule has 0 bridgehead atoms. The van der Waals surface area contributed by atoms with Gasteiger partial charge in [0, 0.05) is 0 Å². The summed E-state index contributed by atoms with van der Waals surface area (Å²) in [5.41, 5.74) is 2.02. The van der Waals surface area contributed by atoms with Gasteiger partial charge in [0.2, 0.25) is 0 Å². The van der Waals surface area contributed by atoms with Crippen molar-refractivity contribution in [1.82, 2.24) is 0 Å². The molecule has 242 valence electrons. The second-order valence-electron chi connectivity index (χ2n) is 13.2. The number of esters is 1. The van der Waals surface area contributed by atoms with E-state index in [1.165, 1.54) is 122 Å². The molecule has 3 rings (SSSR count). The van der Waals surface area contributed by atoms with Gasteiger partial charge in [-0.2, -0.15) is 5.26 Å². The molecule has 1 fully saturated rings. The van der Waals surface area contributed by atoms with E-state index < -0.39 is 5.97 Å². The van der Waals surface area contributed by atoms with Crippen molar-refractivity contribution in [3.05, 3.63) is 59.2 Å². The molecule has 4 heteroatoms. The number of hydrogen-bond donors (Lipinski definition) is 0. The first kappa shape index (κ1) is 35.7. The zero-order chi connectivity index (χ0) is 31.2. The normalized spacial score (nSPS) is 16.4. The van der Waals surface area contributed by atoms with Gasteiger partial charge in [0.15, 0.2) is 0 Å². The van der Waals surface area contributed by atoms with E-state index in [0.29, 0.717) is 23.5 Å². The van der Waals surface area contributed by atoms with E-state index in [1.54, 1.807) is 18.2 Å². The average Bonchev–Trinajstić information content (AvgIpc) is 3.05. The maximum Gasteiger partial charge on any atom is 0.343 e. The predicted octanol–water partition coefficient (Wildman–Crippen LogP) is 11.8. The van der Waals surface area contributed by atoms with Crippen molar-refractivity contribution >= 4 is 5.97 Å². The number of rotatable bonds is 22. The molecule has 0 heterocycles. The lowest BCUT2D eigenvalue weighted by Crippen LogP contribution is -2.15. The molecular weight excluding hydrogens is 542 g/mol. The third-order valence-electron chi connectivity index (χ3n) is 9.50. The lowest BCUT2D eigenvalue weighted by atomic mass is 9.77. The van der Waals surface area contributed by atoms with Crippen molar-refractivity contribution in [2.24, 2.45) is 11.8 Å². The van der Waals surface area contributed by atoms with Crippen LogP contribution in [0.5, 0.6) is 11.5 Å². The Balaban J connectivity index is 1.34. The van der Waals surface area contributed by atoms with Gasteiger partial charge in [-0.05, 0) is 73.1 Å². The summed E-state index contributed by atoms with van der Waals surface area (Å²) in [7, 11) is 0. The number of unbranched alkanes of at least 4 members (excludes halogenated alkanes) is 12. The van der Waals surface area contributed by atoms with E-state index in [4.69, 9.17) is 9.47 Å². The Morgan fingerprint density at radius 1 is 0.727 bits per heavy atom. The highest BCUT2D eigenvalue weighted by atomic mass is 16.5. The zero-order valence-electron chi connectivity index (χ0n) is 27.9. The van der Waals surface area contributed by atoms with E-state index >= 15 is 0 Å². The van der Waals surface area contributed by atoms with E-state index in [1.807, 2.05) is 24.3 Å². The van der Waals surface area contributed by atoms with Gasteiger partial charge in [0.05, 0.1) is 17.7 Å². The molecule has 0 N–H and O–H groups in total. The standard InChI is InChI=1S/C40H59NO3/c1-3-5-7-9-10-11-12-14-16-30-43-38-27-25-36(26-28-38)40(42)44-39-29-24-35(31-37(39)32-41)23-22-34-20-18-33(19-21-34)17-15-13-8-6-4-2/h24-29,31,33-34H,3-23,30H2,1-2H3/t33-,34-. The van der Waals surface area contributed by atoms with Crippen molar-refractivity contribution < 1.29 is 14.3 Å². The molecule has 44 heavy (non-hydrogen) atoms. The molecule has 2 aromatic rings. The number of nitrogens with zero attached hydrogens (tertiary/aromatic N) is 1. The molecule has 0 saturated heterocycles. The minimum atomic E-state index is -0.457. The molecular formula is C40H59NO3. The van der Waals surface area contributed by atoms with Gasteiger partial charge in [0.1, 0.15) is 17.6 Å². The van der Waals surface area contributed by atoms with Crippen LogP contribution in [-0.4, -0.2) is 12.6 Å². The molecule has 1 saturated carbocycles. The Labute approximate surface area is 268 Å². The molecule has 0 amide bonds. The maximum atomic E-state index is 12.8. The fourth-order valence-corrected chi connectivity index (χ4v) is 6.57. The molecule has 0 aliphatic heterocycles. The summed E-state index contributed by atoms with van der Waals surface area (Å²) in [5.74, 6) is 2.35. The van der Waals surface area contributed by atoms with Gasteiger partial charge in [-0.15, -0.1) is 0 Å². The second-order valence-corrected chi connectivity index (χ2v) is 13.2. The Morgan fingerprint density at radius 2 is 1.30 bits per heavy atom. The number of hydrogen-bond acceptors (Lipinski definition) is 4. The molecule has 1 aliphatic carbocycles. The van der Waals surface area contributed by atoms with Gasteiger partial charge < -0.3 is 9.47 Å². The van der Waals surface area contributed by atoms with Gasteiger partial charge in [-0.25, -0.2) is 4.79 Å². The van der Waals surface area contributed by atoms with Crippen LogP contribution in [0.1, 0.15) is 164 Å². The van der Waals surface area contributed by atoms with Crippen molar-refractivity contribution in [2.75, 3.05) is 6.61 Å². The van der Waals surface area contributed by atoms with Crippen LogP contribution in [0.4, 0.5) is 0 Å². The smallest absolute Gasteiger partial charge is 0.343 e. The number of benzene rings is 2. The van der Waals surface area contributed by atoms with Crippen molar-refractivity contribution in [3.8, 4) is 17.6 Å². The van der Waals surface area contributed by atoms with Crippen LogP contribution in [0.25, 0.3) is 0 Å². The summed E-state index contributed by atoms with van der Waals surface area (Å²) in [4.78, 5) is 12.8. The number of carbonyl (C=O) groups is 1. The number of aryl methyl sites for hydroxylation is 1. The number of nitriles is 1. The van der Waals surface area contributed by atoms with Crippen LogP contribution in [0.15, 0.2) is 42.5 Å². The fourth-order valence-electron chi connectivity index (χ4n) is 6.57. The van der Waals surface area contributed by atoms with E-state index in [9.17, 15) is 10.1 Å². The highest BCUT2D eigenvalue weighted by molar-refractivity contribution is 5.91. The summed E-state index contributed by atoms with van der Waals surface area (Å²) >= 11 is 0. The summed E-state index contributed by atoms with van der Waals surface area (Å²) in [6, 6.07) is 15.0. The molecule has 4 nitrogen and oxygen atoms in total. The monoisotopic (exact) mass is 601 g/mol. The summed E-state index contributed by atoms with van der Waals surface area (Å²) in [6.07, 6.45) is 27.5. The van der Waals surface area contributed by atoms with Crippen LogP contribution in [0.3, 0.4) is 0 Å². The van der Waals surface area contributed by atoms with Crippen LogP contribution >= 0.6 is 0 Å². The quantitative estimate of drug-likeness (QED) is 0.0765. The van der Waals surface area contributed by atoms with Gasteiger partial charge >= 0.3 is 5.97 Å². The highest BCUT2D eigenvalue weighted by Crippen LogP contribution is 2.34. The molecule has 0 spiro atoms. The Kier molecular flexibility index (Phi) is 17.7. The number of ether oxygens (including phenoxy) is 2. The van der Waals surface area contributed by atoms with E-state index in [-0.39, 0.29) is 0 Å². The van der Waals surface area contributed by atoms with Gasteiger partial charge in [-0.1, -0.05) is 135 Å². The summed E-state index contributed by atoms with van der Waals surface area (Å²) in [5, 5.41) is 9.76. The van der Waals surface area contributed by atoms with Crippen molar-refractivity contribution in [1.29, 1.82) is 5.26 Å².